The molecule has 0 fully saturated rings. The third-order valence-corrected chi connectivity index (χ3v) is 3.86. The Kier molecular flexibility index (Phi) is 3.67. The van der Waals surface area contributed by atoms with Gasteiger partial charge in [-0.3, -0.25) is 4.99 Å². The molecule has 0 N–H and O–H groups in total. The van der Waals surface area contributed by atoms with E-state index in [4.69, 9.17) is 4.99 Å². The van der Waals surface area contributed by atoms with E-state index in [-0.39, 0.29) is 5.41 Å². The Hall–Kier alpha value is -1.41. The molecule has 2 heteroatoms. The van der Waals surface area contributed by atoms with E-state index in [1.165, 1.54) is 10.4 Å². The molecule has 1 nitrogen and oxygen atoms in total. The number of benzene rings is 1. The van der Waals surface area contributed by atoms with E-state index in [0.29, 0.717) is 0 Å². The monoisotopic (exact) mass is 257 g/mol. The van der Waals surface area contributed by atoms with E-state index >= 15 is 0 Å². The molecule has 1 heterocycles. The van der Waals surface area contributed by atoms with Crippen molar-refractivity contribution in [2.24, 2.45) is 4.99 Å². The molecule has 0 atom stereocenters. The van der Waals surface area contributed by atoms with Crippen LogP contribution in [-0.4, -0.2) is 5.71 Å². The second-order valence-corrected chi connectivity index (χ2v) is 6.39. The Labute approximate surface area is 113 Å². The van der Waals surface area contributed by atoms with Gasteiger partial charge in [-0.05, 0) is 35.4 Å². The number of aliphatic imine (C=N–C) groups is 1. The molecule has 0 aliphatic heterocycles. The quantitative estimate of drug-likeness (QED) is 0.657. The van der Waals surface area contributed by atoms with Crippen LogP contribution in [0.15, 0.2) is 46.8 Å². The fourth-order valence-electron chi connectivity index (χ4n) is 1.93. The lowest BCUT2D eigenvalue weighted by molar-refractivity contribution is 0.591. The molecule has 0 spiro atoms. The summed E-state index contributed by atoms with van der Waals surface area (Å²) in [5.41, 5.74) is 3.58. The molecule has 0 saturated heterocycles. The molecule has 0 aliphatic rings. The zero-order valence-corrected chi connectivity index (χ0v) is 12.2. The first kappa shape index (κ1) is 13.0. The molecule has 1 aromatic heterocycles. The van der Waals surface area contributed by atoms with Gasteiger partial charge in [0.1, 0.15) is 0 Å². The van der Waals surface area contributed by atoms with E-state index < -0.39 is 0 Å². The van der Waals surface area contributed by atoms with E-state index in [9.17, 15) is 0 Å². The number of para-hydroxylation sites is 1. The summed E-state index contributed by atoms with van der Waals surface area (Å²) in [6.45, 7) is 8.75. The average Bonchev–Trinajstić information content (AvgIpc) is 2.81. The molecule has 0 bridgehead atoms. The first-order chi connectivity index (χ1) is 8.48. The second-order valence-electron chi connectivity index (χ2n) is 5.44. The maximum atomic E-state index is 4.79. The number of hydrogen-bond acceptors (Lipinski definition) is 2. The molecule has 0 unspecified atom stereocenters. The van der Waals surface area contributed by atoms with Crippen molar-refractivity contribution in [2.45, 2.75) is 33.1 Å². The smallest absolute Gasteiger partial charge is 0.0670 e. The van der Waals surface area contributed by atoms with Crippen molar-refractivity contribution < 1.29 is 0 Å². The first-order valence-electron chi connectivity index (χ1n) is 6.17. The van der Waals surface area contributed by atoms with Crippen molar-refractivity contribution in [3.05, 3.63) is 52.2 Å². The molecular weight excluding hydrogens is 238 g/mol. The summed E-state index contributed by atoms with van der Waals surface area (Å²) in [4.78, 5) is 6.03. The van der Waals surface area contributed by atoms with Crippen molar-refractivity contribution in [3.8, 4) is 0 Å². The van der Waals surface area contributed by atoms with Crippen molar-refractivity contribution in [1.82, 2.24) is 0 Å². The Morgan fingerprint density at radius 1 is 1.06 bits per heavy atom. The molecule has 0 aliphatic carbocycles. The van der Waals surface area contributed by atoms with Crippen LogP contribution in [0.3, 0.4) is 0 Å². The van der Waals surface area contributed by atoms with E-state index in [0.717, 1.165) is 11.4 Å². The van der Waals surface area contributed by atoms with E-state index in [1.807, 2.05) is 0 Å². The lowest BCUT2D eigenvalue weighted by atomic mass is 9.86. The molecule has 2 rings (SSSR count). The Morgan fingerprint density at radius 3 is 2.39 bits per heavy atom. The van der Waals surface area contributed by atoms with Gasteiger partial charge >= 0.3 is 0 Å². The predicted octanol–water partition coefficient (Wildman–Crippen LogP) is 5.19. The Morgan fingerprint density at radius 2 is 1.78 bits per heavy atom. The number of hydrogen-bond donors (Lipinski definition) is 0. The van der Waals surface area contributed by atoms with Crippen LogP contribution in [-0.2, 0) is 5.41 Å². The van der Waals surface area contributed by atoms with Gasteiger partial charge in [0, 0.05) is 4.88 Å². The van der Waals surface area contributed by atoms with E-state index in [2.05, 4.69) is 69.5 Å². The molecule has 94 valence electrons. The van der Waals surface area contributed by atoms with Crippen molar-refractivity contribution in [1.29, 1.82) is 0 Å². The molecule has 0 amide bonds. The summed E-state index contributed by atoms with van der Waals surface area (Å²) < 4.78 is 0. The zero-order valence-electron chi connectivity index (χ0n) is 11.4. The van der Waals surface area contributed by atoms with Crippen molar-refractivity contribution >= 4 is 22.7 Å². The van der Waals surface area contributed by atoms with Crippen LogP contribution >= 0.6 is 11.3 Å². The van der Waals surface area contributed by atoms with E-state index in [1.54, 1.807) is 11.3 Å². The molecular formula is C16H19NS. The summed E-state index contributed by atoms with van der Waals surface area (Å²) in [5, 5.41) is 2.09. The minimum Gasteiger partial charge on any atom is -0.252 e. The van der Waals surface area contributed by atoms with Gasteiger partial charge in [-0.2, -0.15) is 0 Å². The standard InChI is InChI=1S/C16H19NS/c1-12(15-10-7-11-18-15)17-14-9-6-5-8-13(14)16(2,3)4/h5-11H,1-4H3. The van der Waals surface area contributed by atoms with Crippen LogP contribution in [0.5, 0.6) is 0 Å². The van der Waals surface area contributed by atoms with Gasteiger partial charge in [0.05, 0.1) is 11.4 Å². The van der Waals surface area contributed by atoms with Gasteiger partial charge in [0.15, 0.2) is 0 Å². The highest BCUT2D eigenvalue weighted by atomic mass is 32.1. The average molecular weight is 257 g/mol. The Balaban J connectivity index is 2.44. The summed E-state index contributed by atoms with van der Waals surface area (Å²) in [7, 11) is 0. The second kappa shape index (κ2) is 5.07. The predicted molar refractivity (Wildman–Crippen MR) is 81.3 cm³/mol. The van der Waals surface area contributed by atoms with Gasteiger partial charge in [-0.25, -0.2) is 0 Å². The minimum atomic E-state index is 0.121. The number of rotatable bonds is 2. The topological polar surface area (TPSA) is 12.4 Å². The molecule has 1 aromatic carbocycles. The number of thiophene rings is 1. The van der Waals surface area contributed by atoms with Crippen molar-refractivity contribution in [2.75, 3.05) is 0 Å². The SMILES string of the molecule is CC(=Nc1ccccc1C(C)(C)C)c1cccs1. The molecule has 18 heavy (non-hydrogen) atoms. The highest BCUT2D eigenvalue weighted by Gasteiger charge is 2.17. The summed E-state index contributed by atoms with van der Waals surface area (Å²) >= 11 is 1.73. The van der Waals surface area contributed by atoms with Crippen LogP contribution in [0, 0.1) is 0 Å². The maximum absolute atomic E-state index is 4.79. The largest absolute Gasteiger partial charge is 0.252 e. The fraction of sp³-hybridized carbons (Fsp3) is 0.312. The first-order valence-corrected chi connectivity index (χ1v) is 7.05. The fourth-order valence-corrected chi connectivity index (χ4v) is 2.60. The zero-order chi connectivity index (χ0) is 13.2. The van der Waals surface area contributed by atoms with Crippen LogP contribution in [0.1, 0.15) is 38.1 Å². The normalized spacial score (nSPS) is 12.8. The Bertz CT molecular complexity index is 545. The lowest BCUT2D eigenvalue weighted by Gasteiger charge is -2.21. The van der Waals surface area contributed by atoms with Gasteiger partial charge in [0.2, 0.25) is 0 Å². The third-order valence-electron chi connectivity index (χ3n) is 2.88. The summed E-state index contributed by atoms with van der Waals surface area (Å²) in [6, 6.07) is 12.6. The maximum Gasteiger partial charge on any atom is 0.0670 e. The van der Waals surface area contributed by atoms with Gasteiger partial charge in [-0.15, -0.1) is 11.3 Å². The molecule has 0 radical (unpaired) electrons. The minimum absolute atomic E-state index is 0.121. The summed E-state index contributed by atoms with van der Waals surface area (Å²) in [6.07, 6.45) is 0. The number of nitrogens with zero attached hydrogens (tertiary/aromatic N) is 1. The van der Waals surface area contributed by atoms with Gasteiger partial charge in [-0.1, -0.05) is 45.0 Å². The molecule has 2 aromatic rings. The van der Waals surface area contributed by atoms with Crippen molar-refractivity contribution in [3.63, 3.8) is 0 Å². The highest BCUT2D eigenvalue weighted by Crippen LogP contribution is 2.31. The van der Waals surface area contributed by atoms with Crippen LogP contribution in [0.25, 0.3) is 0 Å². The van der Waals surface area contributed by atoms with Gasteiger partial charge < -0.3 is 0 Å². The molecule has 0 saturated carbocycles. The third kappa shape index (κ3) is 2.88. The van der Waals surface area contributed by atoms with Gasteiger partial charge in [0.25, 0.3) is 0 Å². The van der Waals surface area contributed by atoms with Crippen LogP contribution in [0.4, 0.5) is 5.69 Å². The lowest BCUT2D eigenvalue weighted by Crippen LogP contribution is -2.11. The van der Waals surface area contributed by atoms with Crippen LogP contribution < -0.4 is 0 Å². The van der Waals surface area contributed by atoms with Crippen LogP contribution in [0.2, 0.25) is 0 Å². The summed E-state index contributed by atoms with van der Waals surface area (Å²) in [5.74, 6) is 0. The highest BCUT2D eigenvalue weighted by molar-refractivity contribution is 7.12.